The predicted octanol–water partition coefficient (Wildman–Crippen LogP) is 0.694. The lowest BCUT2D eigenvalue weighted by atomic mass is 10.1. The Morgan fingerprint density at radius 2 is 1.95 bits per heavy atom. The maximum atomic E-state index is 12.1. The summed E-state index contributed by atoms with van der Waals surface area (Å²) in [6.07, 6.45) is 0.314. The third-order valence-electron chi connectivity index (χ3n) is 3.74. The molecule has 2 atom stereocenters. The van der Waals surface area contributed by atoms with Gasteiger partial charge in [0, 0.05) is 0 Å². The van der Waals surface area contributed by atoms with Gasteiger partial charge in [-0.1, -0.05) is 6.07 Å². The first kappa shape index (κ1) is 12.9. The molecule has 6 heteroatoms. The predicted molar refractivity (Wildman–Crippen MR) is 70.9 cm³/mol. The Kier molecular flexibility index (Phi) is 3.10. The average Bonchev–Trinajstić information content (AvgIpc) is 2.89. The quantitative estimate of drug-likeness (QED) is 0.649. The van der Waals surface area contributed by atoms with Gasteiger partial charge in [-0.25, -0.2) is 0 Å². The van der Waals surface area contributed by atoms with Crippen LogP contribution in [0, 0.1) is 0 Å². The number of nitrogens with zero attached hydrogens (tertiary/aromatic N) is 1. The summed E-state index contributed by atoms with van der Waals surface area (Å²) in [7, 11) is 1.54. The molecule has 20 heavy (non-hydrogen) atoms. The number of nitrogens with two attached hydrogens (primary N) is 1. The van der Waals surface area contributed by atoms with Gasteiger partial charge < -0.3 is 15.2 Å². The maximum Gasteiger partial charge on any atom is 0.258 e. The van der Waals surface area contributed by atoms with Gasteiger partial charge in [0.25, 0.3) is 11.8 Å². The second-order valence-corrected chi connectivity index (χ2v) is 5.03. The van der Waals surface area contributed by atoms with Gasteiger partial charge in [0.05, 0.1) is 19.3 Å². The minimum absolute atomic E-state index is 0.224. The fourth-order valence-electron chi connectivity index (χ4n) is 2.68. The van der Waals surface area contributed by atoms with Crippen molar-refractivity contribution in [2.45, 2.75) is 31.6 Å². The molecule has 106 valence electrons. The molecule has 2 bridgehead atoms. The van der Waals surface area contributed by atoms with E-state index in [2.05, 4.69) is 0 Å². The normalized spacial score (nSPS) is 25.1. The van der Waals surface area contributed by atoms with Crippen LogP contribution in [0.1, 0.15) is 18.4 Å². The lowest BCUT2D eigenvalue weighted by Gasteiger charge is -2.30. The van der Waals surface area contributed by atoms with Crippen LogP contribution in [0.25, 0.3) is 0 Å². The van der Waals surface area contributed by atoms with Crippen molar-refractivity contribution < 1.29 is 19.1 Å². The van der Waals surface area contributed by atoms with E-state index in [4.69, 9.17) is 15.2 Å². The molecule has 0 radical (unpaired) electrons. The highest BCUT2D eigenvalue weighted by Crippen LogP contribution is 2.30. The number of amides is 2. The van der Waals surface area contributed by atoms with Gasteiger partial charge in [-0.3, -0.25) is 14.5 Å². The number of morpholine rings is 1. The zero-order chi connectivity index (χ0) is 14.3. The summed E-state index contributed by atoms with van der Waals surface area (Å²) >= 11 is 0. The molecule has 1 aromatic carbocycles. The highest BCUT2D eigenvalue weighted by molar-refractivity contribution is 6.02. The molecular weight excluding hydrogens is 260 g/mol. The molecule has 2 saturated heterocycles. The van der Waals surface area contributed by atoms with E-state index >= 15 is 0 Å². The Morgan fingerprint density at radius 3 is 2.50 bits per heavy atom. The van der Waals surface area contributed by atoms with Gasteiger partial charge >= 0.3 is 0 Å². The number of rotatable bonds is 3. The van der Waals surface area contributed by atoms with Crippen molar-refractivity contribution in [2.24, 2.45) is 0 Å². The Bertz CT molecular complexity index is 550. The number of fused-ring (bicyclic) bond motifs is 2. The lowest BCUT2D eigenvalue weighted by Crippen LogP contribution is -2.51. The molecule has 2 aliphatic rings. The summed E-state index contributed by atoms with van der Waals surface area (Å²) in [4.78, 5) is 25.5. The van der Waals surface area contributed by atoms with Gasteiger partial charge in [0.15, 0.2) is 0 Å². The summed E-state index contributed by atoms with van der Waals surface area (Å²) in [5, 5.41) is 0. The number of carbonyl (C=O) groups excluding carboxylic acids is 2. The second kappa shape index (κ2) is 4.79. The van der Waals surface area contributed by atoms with Crippen LogP contribution >= 0.6 is 0 Å². The molecule has 2 amide bonds. The Morgan fingerprint density at radius 1 is 1.30 bits per heavy atom. The monoisotopic (exact) mass is 276 g/mol. The van der Waals surface area contributed by atoms with E-state index in [1.54, 1.807) is 18.2 Å². The number of hydrogen-bond donors (Lipinski definition) is 1. The Balaban J connectivity index is 1.82. The van der Waals surface area contributed by atoms with Crippen LogP contribution in [-0.4, -0.2) is 36.0 Å². The van der Waals surface area contributed by atoms with E-state index in [9.17, 15) is 9.59 Å². The maximum absolute atomic E-state index is 12.1. The third kappa shape index (κ3) is 2.02. The van der Waals surface area contributed by atoms with Crippen molar-refractivity contribution in [3.63, 3.8) is 0 Å². The van der Waals surface area contributed by atoms with Crippen molar-refractivity contribution in [1.29, 1.82) is 0 Å². The van der Waals surface area contributed by atoms with Gasteiger partial charge in [-0.15, -0.1) is 0 Å². The molecule has 2 fully saturated rings. The summed E-state index contributed by atoms with van der Waals surface area (Å²) < 4.78 is 10.4. The molecule has 0 spiro atoms. The Labute approximate surface area is 116 Å². The third-order valence-corrected chi connectivity index (χ3v) is 3.74. The molecule has 6 nitrogen and oxygen atoms in total. The van der Waals surface area contributed by atoms with Crippen molar-refractivity contribution in [3.8, 4) is 5.75 Å². The molecule has 2 unspecified atom stereocenters. The zero-order valence-electron chi connectivity index (χ0n) is 11.2. The van der Waals surface area contributed by atoms with Crippen LogP contribution in [0.5, 0.6) is 5.75 Å². The van der Waals surface area contributed by atoms with E-state index in [0.717, 1.165) is 5.56 Å². The fraction of sp³-hybridized carbons (Fsp3) is 0.429. The van der Waals surface area contributed by atoms with Gasteiger partial charge in [-0.05, 0) is 30.5 Å². The topological polar surface area (TPSA) is 81.9 Å². The number of hydrogen-bond acceptors (Lipinski definition) is 5. The first-order chi connectivity index (χ1) is 9.60. The fourth-order valence-corrected chi connectivity index (χ4v) is 2.68. The lowest BCUT2D eigenvalue weighted by molar-refractivity contribution is -0.169. The van der Waals surface area contributed by atoms with Crippen LogP contribution in [0.2, 0.25) is 0 Å². The molecule has 3 rings (SSSR count). The molecule has 0 aliphatic carbocycles. The largest absolute Gasteiger partial charge is 0.495 e. The van der Waals surface area contributed by atoms with E-state index < -0.39 is 12.2 Å². The number of carbonyl (C=O) groups is 2. The van der Waals surface area contributed by atoms with Gasteiger partial charge in [0.2, 0.25) is 0 Å². The molecule has 0 aromatic heterocycles. The van der Waals surface area contributed by atoms with Crippen LogP contribution in [0.15, 0.2) is 18.2 Å². The second-order valence-electron chi connectivity index (χ2n) is 5.03. The smallest absolute Gasteiger partial charge is 0.258 e. The molecule has 2 aliphatic heterocycles. The van der Waals surface area contributed by atoms with Crippen LogP contribution in [0.3, 0.4) is 0 Å². The zero-order valence-corrected chi connectivity index (χ0v) is 11.2. The van der Waals surface area contributed by atoms with Crippen molar-refractivity contribution in [2.75, 3.05) is 12.8 Å². The minimum Gasteiger partial charge on any atom is -0.495 e. The molecule has 2 heterocycles. The van der Waals surface area contributed by atoms with Crippen LogP contribution in [0.4, 0.5) is 5.69 Å². The standard InChI is InChI=1S/C14H16N2O4/c1-19-10-3-2-8(6-9(10)15)7-16-13(17)11-4-5-12(20-11)14(16)18/h2-3,6,11-12H,4-5,7,15H2,1H3. The van der Waals surface area contributed by atoms with Crippen LogP contribution < -0.4 is 10.5 Å². The number of anilines is 1. The van der Waals surface area contributed by atoms with E-state index in [0.29, 0.717) is 24.3 Å². The molecule has 0 saturated carbocycles. The number of nitrogen functional groups attached to an aromatic ring is 1. The average molecular weight is 276 g/mol. The van der Waals surface area contributed by atoms with E-state index in [1.165, 1.54) is 12.0 Å². The van der Waals surface area contributed by atoms with Crippen molar-refractivity contribution in [1.82, 2.24) is 4.90 Å². The van der Waals surface area contributed by atoms with Gasteiger partial charge in [0.1, 0.15) is 18.0 Å². The highest BCUT2D eigenvalue weighted by Gasteiger charge is 2.46. The van der Waals surface area contributed by atoms with Gasteiger partial charge in [-0.2, -0.15) is 0 Å². The van der Waals surface area contributed by atoms with Crippen LogP contribution in [-0.2, 0) is 20.9 Å². The van der Waals surface area contributed by atoms with Crippen molar-refractivity contribution >= 4 is 17.5 Å². The number of imide groups is 1. The molecular formula is C14H16N2O4. The summed E-state index contributed by atoms with van der Waals surface area (Å²) in [6, 6.07) is 5.25. The number of likely N-dealkylation sites (tertiary alicyclic amines) is 1. The van der Waals surface area contributed by atoms with Crippen molar-refractivity contribution in [3.05, 3.63) is 23.8 Å². The van der Waals surface area contributed by atoms with E-state index in [-0.39, 0.29) is 18.4 Å². The Hall–Kier alpha value is -2.08. The number of ether oxygens (including phenoxy) is 2. The summed E-state index contributed by atoms with van der Waals surface area (Å²) in [6.45, 7) is 0.224. The SMILES string of the molecule is COc1ccc(CN2C(=O)C3CCC(O3)C2=O)cc1N. The first-order valence-corrected chi connectivity index (χ1v) is 6.53. The summed E-state index contributed by atoms with van der Waals surface area (Å²) in [5.74, 6) is 0.0738. The number of benzene rings is 1. The first-order valence-electron chi connectivity index (χ1n) is 6.53. The molecule has 1 aromatic rings. The highest BCUT2D eigenvalue weighted by atomic mass is 16.5. The van der Waals surface area contributed by atoms with E-state index in [1.807, 2.05) is 0 Å². The molecule has 2 N–H and O–H groups in total. The number of methoxy groups -OCH3 is 1. The minimum atomic E-state index is -0.465. The summed E-state index contributed by atoms with van der Waals surface area (Å²) in [5.41, 5.74) is 7.12.